The average molecular weight is 109 g/mol. The second-order valence-corrected chi connectivity index (χ2v) is 2.78. The van der Waals surface area contributed by atoms with Gasteiger partial charge < -0.3 is 5.73 Å². The van der Waals surface area contributed by atoms with Crippen molar-refractivity contribution in [3.8, 4) is 0 Å². The Morgan fingerprint density at radius 2 is 2.12 bits per heavy atom. The van der Waals surface area contributed by atoms with Crippen LogP contribution in [-0.2, 0) is 0 Å². The van der Waals surface area contributed by atoms with Crippen LogP contribution in [0.3, 0.4) is 0 Å². The third-order valence-corrected chi connectivity index (χ3v) is 2.51. The number of hydrogen-bond donors (Lipinski definition) is 1. The fraction of sp³-hybridized carbons (Fsp3) is 1.00. The summed E-state index contributed by atoms with van der Waals surface area (Å²) in [6, 6.07) is 0. The molecule has 0 aromatic carbocycles. The highest BCUT2D eigenvalue weighted by molar-refractivity contribution is 6.15. The van der Waals surface area contributed by atoms with Crippen molar-refractivity contribution in [2.45, 2.75) is 31.6 Å². The van der Waals surface area contributed by atoms with E-state index in [4.69, 9.17) is 13.6 Å². The molecule has 0 spiro atoms. The molecule has 1 saturated carbocycles. The zero-order chi connectivity index (χ0) is 6.36. The highest BCUT2D eigenvalue weighted by Crippen LogP contribution is 2.53. The van der Waals surface area contributed by atoms with Crippen LogP contribution in [0.4, 0.5) is 0 Å². The highest BCUT2D eigenvalue weighted by atomic mass is 14.9. The first-order chi connectivity index (χ1) is 3.63. The lowest BCUT2D eigenvalue weighted by molar-refractivity contribution is 0.597. The van der Waals surface area contributed by atoms with Crippen LogP contribution in [0.2, 0.25) is 5.82 Å². The Labute approximate surface area is 52.0 Å². The van der Waals surface area contributed by atoms with E-state index in [0.29, 0.717) is 5.92 Å². The van der Waals surface area contributed by atoms with E-state index in [0.717, 1.165) is 6.42 Å². The summed E-state index contributed by atoms with van der Waals surface area (Å²) in [7, 11) is 5.63. The van der Waals surface area contributed by atoms with Gasteiger partial charge in [0, 0.05) is 5.54 Å². The molecule has 0 aromatic heterocycles. The van der Waals surface area contributed by atoms with Crippen LogP contribution in [0.5, 0.6) is 0 Å². The summed E-state index contributed by atoms with van der Waals surface area (Å²) in [5.41, 5.74) is 5.79. The molecule has 1 fully saturated rings. The zero-order valence-corrected chi connectivity index (χ0v) is 5.52. The summed E-state index contributed by atoms with van der Waals surface area (Å²) in [4.78, 5) is 0. The Kier molecular flexibility index (Phi) is 1.16. The summed E-state index contributed by atoms with van der Waals surface area (Å²) < 4.78 is 0. The molecule has 0 aromatic rings. The van der Waals surface area contributed by atoms with Crippen LogP contribution < -0.4 is 5.73 Å². The largest absolute Gasteiger partial charge is 0.325 e. The Hall–Kier alpha value is 0.0249. The normalized spacial score (nSPS) is 53.9. The van der Waals surface area contributed by atoms with Gasteiger partial charge in [-0.2, -0.15) is 0 Å². The van der Waals surface area contributed by atoms with Gasteiger partial charge in [-0.1, -0.05) is 19.7 Å². The van der Waals surface area contributed by atoms with E-state index in [9.17, 15) is 0 Å². The lowest BCUT2D eigenvalue weighted by atomic mass is 9.96. The van der Waals surface area contributed by atoms with Crippen molar-refractivity contribution < 1.29 is 0 Å². The number of nitrogens with two attached hydrogens (primary N) is 1. The standard InChI is InChI=1S/C6H12BN/c1-3-6(8)4(2)5(6)7/h4-5H,3,8H2,1-2H3/t4?,5-,6?/m1/s1. The van der Waals surface area contributed by atoms with Crippen molar-refractivity contribution in [2.24, 2.45) is 11.7 Å². The molecule has 1 rings (SSSR count). The molecule has 0 bridgehead atoms. The van der Waals surface area contributed by atoms with Crippen molar-refractivity contribution in [3.63, 3.8) is 0 Å². The summed E-state index contributed by atoms with van der Waals surface area (Å²) >= 11 is 0. The number of rotatable bonds is 1. The van der Waals surface area contributed by atoms with Gasteiger partial charge >= 0.3 is 0 Å². The highest BCUT2D eigenvalue weighted by Gasteiger charge is 2.53. The van der Waals surface area contributed by atoms with Crippen molar-refractivity contribution >= 4 is 7.85 Å². The van der Waals surface area contributed by atoms with Gasteiger partial charge in [0.25, 0.3) is 0 Å². The van der Waals surface area contributed by atoms with Gasteiger partial charge in [0.05, 0.1) is 7.85 Å². The molecule has 0 saturated heterocycles. The third kappa shape index (κ3) is 0.525. The number of hydrogen-bond acceptors (Lipinski definition) is 1. The summed E-state index contributed by atoms with van der Waals surface area (Å²) in [6.07, 6.45) is 1.01. The van der Waals surface area contributed by atoms with E-state index in [1.165, 1.54) is 0 Å². The minimum absolute atomic E-state index is 0.0139. The van der Waals surface area contributed by atoms with Crippen LogP contribution >= 0.6 is 0 Å². The molecular weight excluding hydrogens is 96.9 g/mol. The van der Waals surface area contributed by atoms with E-state index in [2.05, 4.69) is 13.8 Å². The SMILES string of the molecule is [B][C@@H]1C(C)C1(N)CC. The van der Waals surface area contributed by atoms with Crippen molar-refractivity contribution in [2.75, 3.05) is 0 Å². The zero-order valence-electron chi connectivity index (χ0n) is 5.52. The molecule has 0 amide bonds. The summed E-state index contributed by atoms with van der Waals surface area (Å²) in [6.45, 7) is 4.19. The molecule has 0 heterocycles. The van der Waals surface area contributed by atoms with E-state index in [1.54, 1.807) is 0 Å². The smallest absolute Gasteiger partial charge is 0.0729 e. The van der Waals surface area contributed by atoms with Crippen LogP contribution in [-0.4, -0.2) is 13.4 Å². The van der Waals surface area contributed by atoms with Gasteiger partial charge in [0.1, 0.15) is 0 Å². The predicted octanol–water partition coefficient (Wildman–Crippen LogP) is 0.701. The van der Waals surface area contributed by atoms with Gasteiger partial charge in [-0.25, -0.2) is 0 Å². The van der Waals surface area contributed by atoms with Crippen LogP contribution in [0.25, 0.3) is 0 Å². The van der Waals surface area contributed by atoms with Gasteiger partial charge in [0.15, 0.2) is 0 Å². The van der Waals surface area contributed by atoms with Gasteiger partial charge in [0.2, 0.25) is 0 Å². The van der Waals surface area contributed by atoms with E-state index in [1.807, 2.05) is 0 Å². The quantitative estimate of drug-likeness (QED) is 0.493. The van der Waals surface area contributed by atoms with Crippen LogP contribution in [0.1, 0.15) is 20.3 Å². The molecule has 1 nitrogen and oxygen atoms in total. The Morgan fingerprint density at radius 3 is 2.12 bits per heavy atom. The van der Waals surface area contributed by atoms with E-state index in [-0.39, 0.29) is 11.4 Å². The lowest BCUT2D eigenvalue weighted by Crippen LogP contribution is -2.24. The third-order valence-electron chi connectivity index (χ3n) is 2.51. The fourth-order valence-electron chi connectivity index (χ4n) is 1.25. The first kappa shape index (κ1) is 6.15. The molecule has 2 N–H and O–H groups in total. The lowest BCUT2D eigenvalue weighted by Gasteiger charge is -2.04. The maximum absolute atomic E-state index is 5.81. The molecular formula is C6H12BN. The molecule has 1 aliphatic carbocycles. The van der Waals surface area contributed by atoms with Crippen molar-refractivity contribution in [3.05, 3.63) is 0 Å². The average Bonchev–Trinajstić information content (AvgIpc) is 2.22. The molecule has 8 heavy (non-hydrogen) atoms. The van der Waals surface area contributed by atoms with Gasteiger partial charge in [-0.15, -0.1) is 0 Å². The Bertz CT molecular complexity index is 94.7. The Balaban J connectivity index is 2.50. The van der Waals surface area contributed by atoms with Crippen LogP contribution in [0, 0.1) is 5.92 Å². The van der Waals surface area contributed by atoms with Crippen molar-refractivity contribution in [1.29, 1.82) is 0 Å². The van der Waals surface area contributed by atoms with E-state index < -0.39 is 0 Å². The molecule has 2 heteroatoms. The molecule has 2 unspecified atom stereocenters. The van der Waals surface area contributed by atoms with Crippen LogP contribution in [0.15, 0.2) is 0 Å². The summed E-state index contributed by atoms with van der Waals surface area (Å²) in [5.74, 6) is 0.792. The first-order valence-corrected chi connectivity index (χ1v) is 3.17. The molecule has 44 valence electrons. The van der Waals surface area contributed by atoms with E-state index >= 15 is 0 Å². The minimum atomic E-state index is -0.0139. The molecule has 1 aliphatic rings. The molecule has 0 aliphatic heterocycles. The topological polar surface area (TPSA) is 26.0 Å². The second kappa shape index (κ2) is 1.50. The summed E-state index contributed by atoms with van der Waals surface area (Å²) in [5, 5.41) is 0. The van der Waals surface area contributed by atoms with Crippen molar-refractivity contribution in [1.82, 2.24) is 0 Å². The maximum Gasteiger partial charge on any atom is 0.0729 e. The Morgan fingerprint density at radius 1 is 1.75 bits per heavy atom. The second-order valence-electron chi connectivity index (χ2n) is 2.78. The van der Waals surface area contributed by atoms with Gasteiger partial charge in [-0.3, -0.25) is 0 Å². The molecule has 2 radical (unpaired) electrons. The minimum Gasteiger partial charge on any atom is -0.325 e. The maximum atomic E-state index is 5.81. The fourth-order valence-corrected chi connectivity index (χ4v) is 1.25. The monoisotopic (exact) mass is 109 g/mol. The first-order valence-electron chi connectivity index (χ1n) is 3.17. The molecule has 3 atom stereocenters. The predicted molar refractivity (Wildman–Crippen MR) is 35.9 cm³/mol. The van der Waals surface area contributed by atoms with Gasteiger partial charge in [-0.05, 0) is 12.3 Å².